The zero-order chi connectivity index (χ0) is 21.1. The number of ether oxygens (including phenoxy) is 1. The van der Waals surface area contributed by atoms with Gasteiger partial charge in [-0.3, -0.25) is 9.10 Å². The Hall–Kier alpha value is -3.01. The third-order valence-electron chi connectivity index (χ3n) is 3.84. The Balaban J connectivity index is 2.38. The van der Waals surface area contributed by atoms with Crippen LogP contribution in [0.25, 0.3) is 0 Å². The van der Waals surface area contributed by atoms with E-state index in [9.17, 15) is 26.8 Å². The third-order valence-corrected chi connectivity index (χ3v) is 5.08. The minimum Gasteiger partial charge on any atom is -0.465 e. The molecule has 2 aromatic carbocycles. The molecule has 1 atom stereocenters. The van der Waals surface area contributed by atoms with Crippen LogP contribution in [0.2, 0.25) is 0 Å². The van der Waals surface area contributed by atoms with E-state index in [1.807, 2.05) is 0 Å². The number of sulfonamides is 1. The average Bonchev–Trinajstić information content (AvgIpc) is 2.63. The second-order valence-electron chi connectivity index (χ2n) is 5.86. The van der Waals surface area contributed by atoms with Gasteiger partial charge in [0.15, 0.2) is 11.6 Å². The average molecular weight is 412 g/mol. The first-order valence-corrected chi connectivity index (χ1v) is 9.83. The lowest BCUT2D eigenvalue weighted by molar-refractivity contribution is -0.116. The van der Waals surface area contributed by atoms with Crippen molar-refractivity contribution in [2.45, 2.75) is 13.0 Å². The molecule has 0 unspecified atom stereocenters. The molecule has 0 aliphatic carbocycles. The van der Waals surface area contributed by atoms with Gasteiger partial charge in [-0.2, -0.15) is 0 Å². The molecule has 0 saturated carbocycles. The molecule has 28 heavy (non-hydrogen) atoms. The van der Waals surface area contributed by atoms with E-state index in [4.69, 9.17) is 0 Å². The fraction of sp³-hybridized carbons (Fsp3) is 0.222. The SMILES string of the molecule is COC(=O)c1ccccc1NC(=O)[C@@H](C)N(c1ccc(F)c(F)c1)S(C)(=O)=O. The van der Waals surface area contributed by atoms with Crippen molar-refractivity contribution >= 4 is 33.3 Å². The van der Waals surface area contributed by atoms with Crippen molar-refractivity contribution in [3.8, 4) is 0 Å². The van der Waals surface area contributed by atoms with E-state index in [-0.39, 0.29) is 16.9 Å². The maximum Gasteiger partial charge on any atom is 0.339 e. The number of hydrogen-bond donors (Lipinski definition) is 1. The normalized spacial score (nSPS) is 12.2. The van der Waals surface area contributed by atoms with Crippen molar-refractivity contribution in [1.82, 2.24) is 0 Å². The number of carbonyl (C=O) groups is 2. The number of halogens is 2. The molecular weight excluding hydrogens is 394 g/mol. The van der Waals surface area contributed by atoms with Crippen molar-refractivity contribution in [2.75, 3.05) is 23.0 Å². The van der Waals surface area contributed by atoms with Crippen molar-refractivity contribution in [2.24, 2.45) is 0 Å². The van der Waals surface area contributed by atoms with Crippen molar-refractivity contribution in [1.29, 1.82) is 0 Å². The lowest BCUT2D eigenvalue weighted by atomic mass is 10.1. The Morgan fingerprint density at radius 2 is 1.75 bits per heavy atom. The number of rotatable bonds is 6. The molecule has 1 amide bonds. The standard InChI is InChI=1S/C18H18F2N2O5S/c1-11(17(23)21-16-7-5-4-6-13(16)18(24)27-2)22(28(3,25)26)12-8-9-14(19)15(20)10-12/h4-11H,1-3H3,(H,21,23)/t11-/m1/s1. The van der Waals surface area contributed by atoms with Gasteiger partial charge in [-0.25, -0.2) is 22.0 Å². The van der Waals surface area contributed by atoms with Crippen LogP contribution >= 0.6 is 0 Å². The van der Waals surface area contributed by atoms with Crippen LogP contribution in [0.15, 0.2) is 42.5 Å². The molecule has 0 heterocycles. The van der Waals surface area contributed by atoms with E-state index in [0.29, 0.717) is 10.4 Å². The molecule has 0 aliphatic heterocycles. The highest BCUT2D eigenvalue weighted by molar-refractivity contribution is 7.92. The minimum atomic E-state index is -4.02. The minimum absolute atomic E-state index is 0.0734. The van der Waals surface area contributed by atoms with Crippen LogP contribution < -0.4 is 9.62 Å². The summed E-state index contributed by atoms with van der Waals surface area (Å²) in [6.45, 7) is 1.28. The predicted octanol–water partition coefficient (Wildman–Crippen LogP) is 2.54. The maximum absolute atomic E-state index is 13.6. The van der Waals surface area contributed by atoms with Gasteiger partial charge in [-0.1, -0.05) is 12.1 Å². The summed E-state index contributed by atoms with van der Waals surface area (Å²) in [6.07, 6.45) is 0.834. The molecule has 0 aromatic heterocycles. The molecule has 0 spiro atoms. The summed E-state index contributed by atoms with van der Waals surface area (Å²) in [5, 5.41) is 2.46. The molecular formula is C18H18F2N2O5S. The van der Waals surface area contributed by atoms with Crippen LogP contribution in [0.1, 0.15) is 17.3 Å². The summed E-state index contributed by atoms with van der Waals surface area (Å²) in [5.41, 5.74) is -0.0282. The summed E-state index contributed by atoms with van der Waals surface area (Å²) in [6, 6.07) is 7.17. The number of esters is 1. The molecule has 7 nitrogen and oxygen atoms in total. The van der Waals surface area contributed by atoms with Gasteiger partial charge in [-0.15, -0.1) is 0 Å². The maximum atomic E-state index is 13.6. The number of carbonyl (C=O) groups excluding carboxylic acids is 2. The van der Waals surface area contributed by atoms with E-state index < -0.39 is 39.6 Å². The number of nitrogens with one attached hydrogen (secondary N) is 1. The van der Waals surface area contributed by atoms with Gasteiger partial charge in [0.05, 0.1) is 30.3 Å². The Labute approximate surface area is 161 Å². The lowest BCUT2D eigenvalue weighted by Gasteiger charge is -2.28. The highest BCUT2D eigenvalue weighted by Crippen LogP contribution is 2.24. The van der Waals surface area contributed by atoms with Crippen molar-refractivity contribution < 1.29 is 31.5 Å². The monoisotopic (exact) mass is 412 g/mol. The van der Waals surface area contributed by atoms with Crippen LogP contribution in [0.3, 0.4) is 0 Å². The zero-order valence-corrected chi connectivity index (χ0v) is 16.1. The number of para-hydroxylation sites is 1. The van der Waals surface area contributed by atoms with E-state index in [1.54, 1.807) is 12.1 Å². The first-order chi connectivity index (χ1) is 13.1. The lowest BCUT2D eigenvalue weighted by Crippen LogP contribution is -2.45. The molecule has 2 aromatic rings. The van der Waals surface area contributed by atoms with Crippen LogP contribution in [0.5, 0.6) is 0 Å². The summed E-state index contributed by atoms with van der Waals surface area (Å²) < 4.78 is 56.5. The van der Waals surface area contributed by atoms with Gasteiger partial charge >= 0.3 is 5.97 Å². The summed E-state index contributed by atoms with van der Waals surface area (Å²) in [7, 11) is -2.84. The predicted molar refractivity (Wildman–Crippen MR) is 99.6 cm³/mol. The molecule has 0 radical (unpaired) electrons. The molecule has 150 valence electrons. The fourth-order valence-corrected chi connectivity index (χ4v) is 3.71. The molecule has 0 fully saturated rings. The van der Waals surface area contributed by atoms with Gasteiger partial charge in [-0.05, 0) is 31.2 Å². The van der Waals surface area contributed by atoms with Gasteiger partial charge in [0.1, 0.15) is 6.04 Å². The number of amides is 1. The number of methoxy groups -OCH3 is 1. The van der Waals surface area contributed by atoms with E-state index in [1.165, 1.54) is 26.2 Å². The Morgan fingerprint density at radius 1 is 1.11 bits per heavy atom. The largest absolute Gasteiger partial charge is 0.465 e. The van der Waals surface area contributed by atoms with Gasteiger partial charge in [0.25, 0.3) is 0 Å². The van der Waals surface area contributed by atoms with Crippen LogP contribution in [0, 0.1) is 11.6 Å². The third kappa shape index (κ3) is 4.63. The Bertz CT molecular complexity index is 1010. The Kier molecular flexibility index (Phi) is 6.34. The first kappa shape index (κ1) is 21.3. The second kappa shape index (κ2) is 8.34. The molecule has 0 saturated heterocycles. The summed E-state index contributed by atoms with van der Waals surface area (Å²) >= 11 is 0. The van der Waals surface area contributed by atoms with Gasteiger partial charge in [0.2, 0.25) is 15.9 Å². The molecule has 0 bridgehead atoms. The summed E-state index contributed by atoms with van der Waals surface area (Å²) in [4.78, 5) is 24.5. The number of anilines is 2. The zero-order valence-electron chi connectivity index (χ0n) is 15.3. The van der Waals surface area contributed by atoms with E-state index in [0.717, 1.165) is 18.4 Å². The highest BCUT2D eigenvalue weighted by Gasteiger charge is 2.30. The molecule has 10 heteroatoms. The molecule has 2 rings (SSSR count). The first-order valence-electron chi connectivity index (χ1n) is 7.99. The second-order valence-corrected chi connectivity index (χ2v) is 7.72. The van der Waals surface area contributed by atoms with Crippen LogP contribution in [-0.2, 0) is 19.6 Å². The quantitative estimate of drug-likeness (QED) is 0.736. The van der Waals surface area contributed by atoms with E-state index >= 15 is 0 Å². The molecule has 0 aliphatic rings. The van der Waals surface area contributed by atoms with Crippen molar-refractivity contribution in [3.05, 3.63) is 59.7 Å². The fourth-order valence-electron chi connectivity index (χ4n) is 2.55. The van der Waals surface area contributed by atoms with Gasteiger partial charge < -0.3 is 10.1 Å². The topological polar surface area (TPSA) is 92.8 Å². The highest BCUT2D eigenvalue weighted by atomic mass is 32.2. The Morgan fingerprint density at radius 3 is 2.32 bits per heavy atom. The number of benzene rings is 2. The summed E-state index contributed by atoms with van der Waals surface area (Å²) in [5.74, 6) is -3.88. The van der Waals surface area contributed by atoms with Gasteiger partial charge in [0, 0.05) is 6.07 Å². The van der Waals surface area contributed by atoms with Crippen LogP contribution in [0.4, 0.5) is 20.2 Å². The number of hydrogen-bond acceptors (Lipinski definition) is 5. The molecule has 1 N–H and O–H groups in total. The van der Waals surface area contributed by atoms with Crippen LogP contribution in [-0.4, -0.2) is 39.7 Å². The number of nitrogens with zero attached hydrogens (tertiary/aromatic N) is 1. The van der Waals surface area contributed by atoms with Crippen molar-refractivity contribution in [3.63, 3.8) is 0 Å². The smallest absolute Gasteiger partial charge is 0.339 e. The van der Waals surface area contributed by atoms with E-state index in [2.05, 4.69) is 10.1 Å².